The number of esters is 1. The molecule has 0 aromatic rings. The predicted molar refractivity (Wildman–Crippen MR) is 200 cm³/mol. The van der Waals surface area contributed by atoms with E-state index in [1.165, 1.54) is 148 Å². The van der Waals surface area contributed by atoms with Crippen LogP contribution in [0.4, 0.5) is 0 Å². The van der Waals surface area contributed by atoms with Crippen molar-refractivity contribution >= 4 is 11.9 Å². The minimum Gasteiger partial charge on any atom is -0.481 e. The lowest BCUT2D eigenvalue weighted by molar-refractivity contribution is -0.150. The Morgan fingerprint density at radius 3 is 1.35 bits per heavy atom. The number of hydrogen-bond acceptors (Lipinski definition) is 3. The van der Waals surface area contributed by atoms with Crippen LogP contribution in [0.2, 0.25) is 0 Å². The highest BCUT2D eigenvalue weighted by atomic mass is 16.5. The molecule has 1 unspecified atom stereocenters. The second-order valence-electron chi connectivity index (χ2n) is 13.8. The van der Waals surface area contributed by atoms with Gasteiger partial charge < -0.3 is 9.84 Å². The molecule has 0 spiro atoms. The summed E-state index contributed by atoms with van der Waals surface area (Å²) >= 11 is 0. The van der Waals surface area contributed by atoms with Crippen molar-refractivity contribution in [1.82, 2.24) is 0 Å². The largest absolute Gasteiger partial charge is 0.481 e. The number of carboxylic acids is 1. The lowest BCUT2D eigenvalue weighted by Crippen LogP contribution is -2.18. The van der Waals surface area contributed by atoms with Crippen molar-refractivity contribution in [2.75, 3.05) is 0 Å². The monoisotopic (exact) mass is 647 g/mol. The summed E-state index contributed by atoms with van der Waals surface area (Å²) in [4.78, 5) is 22.9. The van der Waals surface area contributed by atoms with E-state index in [9.17, 15) is 9.59 Å². The Labute approximate surface area is 287 Å². The third-order valence-electron chi connectivity index (χ3n) is 9.16. The SMILES string of the molecule is CCCCC/C=C\C/C=C\CCCCCCCCCCCC(=O)OC(CCC)CCCCCCCCCCCCCCCC(=O)O. The van der Waals surface area contributed by atoms with Gasteiger partial charge in [0.1, 0.15) is 6.10 Å². The lowest BCUT2D eigenvalue weighted by Gasteiger charge is -2.17. The first kappa shape index (κ1) is 44.4. The third-order valence-corrected chi connectivity index (χ3v) is 9.16. The molecule has 0 amide bonds. The molecule has 1 atom stereocenters. The standard InChI is InChI=1S/C42H78O4/c1-3-5-6-7-8-9-10-11-12-13-14-15-16-20-23-26-29-32-35-39-42(45)46-40(36-4-2)37-33-30-27-24-21-18-17-19-22-25-28-31-34-38-41(43)44/h8-9,11-12,40H,3-7,10,13-39H2,1-2H3,(H,43,44)/b9-8-,12-11-. The Balaban J connectivity index is 3.52. The number of ether oxygens (including phenoxy) is 1. The molecule has 4 heteroatoms. The van der Waals surface area contributed by atoms with Crippen LogP contribution >= 0.6 is 0 Å². The molecule has 4 nitrogen and oxygen atoms in total. The number of carboxylic acid groups (broad SMARTS) is 1. The average Bonchev–Trinajstić information content (AvgIpc) is 3.03. The normalized spacial score (nSPS) is 12.4. The zero-order valence-electron chi connectivity index (χ0n) is 30.9. The summed E-state index contributed by atoms with van der Waals surface area (Å²) in [6, 6.07) is 0. The summed E-state index contributed by atoms with van der Waals surface area (Å²) in [7, 11) is 0. The maximum Gasteiger partial charge on any atom is 0.306 e. The van der Waals surface area contributed by atoms with Gasteiger partial charge in [-0.05, 0) is 64.2 Å². The van der Waals surface area contributed by atoms with E-state index in [4.69, 9.17) is 9.84 Å². The van der Waals surface area contributed by atoms with Crippen molar-refractivity contribution in [1.29, 1.82) is 0 Å². The van der Waals surface area contributed by atoms with Gasteiger partial charge in [-0.2, -0.15) is 0 Å². The molecule has 46 heavy (non-hydrogen) atoms. The Bertz CT molecular complexity index is 698. The molecule has 0 aliphatic carbocycles. The van der Waals surface area contributed by atoms with Crippen LogP contribution < -0.4 is 0 Å². The van der Waals surface area contributed by atoms with Gasteiger partial charge in [0.15, 0.2) is 0 Å². The van der Waals surface area contributed by atoms with Gasteiger partial charge in [0.2, 0.25) is 0 Å². The lowest BCUT2D eigenvalue weighted by atomic mass is 10.0. The molecule has 1 N–H and O–H groups in total. The van der Waals surface area contributed by atoms with E-state index in [0.717, 1.165) is 51.4 Å². The Hall–Kier alpha value is -1.58. The van der Waals surface area contributed by atoms with Crippen molar-refractivity contribution in [3.05, 3.63) is 24.3 Å². The summed E-state index contributed by atoms with van der Waals surface area (Å²) < 4.78 is 5.88. The molecule has 0 fully saturated rings. The van der Waals surface area contributed by atoms with Gasteiger partial charge in [-0.1, -0.05) is 173 Å². The second kappa shape index (κ2) is 37.9. The highest BCUT2D eigenvalue weighted by molar-refractivity contribution is 5.69. The summed E-state index contributed by atoms with van der Waals surface area (Å²) in [5, 5.41) is 8.66. The van der Waals surface area contributed by atoms with Crippen LogP contribution in [0.5, 0.6) is 0 Å². The number of carbonyl (C=O) groups excluding carboxylic acids is 1. The summed E-state index contributed by atoms with van der Waals surface area (Å²) in [5.74, 6) is -0.644. The Kier molecular flexibility index (Phi) is 36.6. The number of aliphatic carboxylic acids is 1. The fourth-order valence-electron chi connectivity index (χ4n) is 6.21. The minimum absolute atomic E-state index is 0.0238. The first-order chi connectivity index (χ1) is 22.6. The van der Waals surface area contributed by atoms with Crippen molar-refractivity contribution in [2.45, 2.75) is 232 Å². The van der Waals surface area contributed by atoms with Crippen LogP contribution in [0.15, 0.2) is 24.3 Å². The zero-order chi connectivity index (χ0) is 33.6. The van der Waals surface area contributed by atoms with Gasteiger partial charge >= 0.3 is 11.9 Å². The maximum absolute atomic E-state index is 12.4. The van der Waals surface area contributed by atoms with Crippen LogP contribution in [-0.2, 0) is 14.3 Å². The van der Waals surface area contributed by atoms with Gasteiger partial charge in [-0.15, -0.1) is 0 Å². The number of unbranched alkanes of at least 4 members (excludes halogenated alkanes) is 24. The van der Waals surface area contributed by atoms with Crippen LogP contribution in [-0.4, -0.2) is 23.1 Å². The summed E-state index contributed by atoms with van der Waals surface area (Å²) in [6.45, 7) is 4.45. The van der Waals surface area contributed by atoms with Crippen molar-refractivity contribution in [2.24, 2.45) is 0 Å². The van der Waals surface area contributed by atoms with E-state index < -0.39 is 5.97 Å². The Morgan fingerprint density at radius 2 is 0.891 bits per heavy atom. The second-order valence-corrected chi connectivity index (χ2v) is 13.8. The summed E-state index contributed by atoms with van der Waals surface area (Å²) in [6.07, 6.45) is 48.4. The van der Waals surface area contributed by atoms with E-state index in [1.54, 1.807) is 0 Å². The van der Waals surface area contributed by atoms with E-state index >= 15 is 0 Å². The van der Waals surface area contributed by atoms with Gasteiger partial charge in [-0.25, -0.2) is 0 Å². The van der Waals surface area contributed by atoms with Gasteiger partial charge in [-0.3, -0.25) is 9.59 Å². The van der Waals surface area contributed by atoms with E-state index in [2.05, 4.69) is 38.2 Å². The molecule has 0 aromatic carbocycles. The molecule has 270 valence electrons. The molecular formula is C42H78O4. The van der Waals surface area contributed by atoms with Gasteiger partial charge in [0.05, 0.1) is 0 Å². The molecule has 0 aliphatic rings. The van der Waals surface area contributed by atoms with Gasteiger partial charge in [0.25, 0.3) is 0 Å². The van der Waals surface area contributed by atoms with Crippen LogP contribution in [0.1, 0.15) is 226 Å². The number of allylic oxidation sites excluding steroid dienone is 4. The fraction of sp³-hybridized carbons (Fsp3) is 0.857. The summed E-state index contributed by atoms with van der Waals surface area (Å²) in [5.41, 5.74) is 0. The predicted octanol–water partition coefficient (Wildman–Crippen LogP) is 14.0. The molecule has 0 bridgehead atoms. The maximum atomic E-state index is 12.4. The van der Waals surface area contributed by atoms with Crippen LogP contribution in [0.3, 0.4) is 0 Å². The van der Waals surface area contributed by atoms with E-state index in [-0.39, 0.29) is 12.1 Å². The Morgan fingerprint density at radius 1 is 0.478 bits per heavy atom. The zero-order valence-corrected chi connectivity index (χ0v) is 30.9. The van der Waals surface area contributed by atoms with E-state index in [0.29, 0.717) is 12.8 Å². The molecular weight excluding hydrogens is 568 g/mol. The number of carbonyl (C=O) groups is 2. The van der Waals surface area contributed by atoms with Crippen LogP contribution in [0, 0.1) is 0 Å². The smallest absolute Gasteiger partial charge is 0.306 e. The molecule has 0 saturated carbocycles. The van der Waals surface area contributed by atoms with Crippen molar-refractivity contribution in [3.8, 4) is 0 Å². The molecule has 0 aromatic heterocycles. The number of hydrogen-bond donors (Lipinski definition) is 1. The van der Waals surface area contributed by atoms with E-state index in [1.807, 2.05) is 0 Å². The van der Waals surface area contributed by atoms with Crippen molar-refractivity contribution in [3.63, 3.8) is 0 Å². The molecule has 0 radical (unpaired) electrons. The highest BCUT2D eigenvalue weighted by Crippen LogP contribution is 2.18. The quantitative estimate of drug-likeness (QED) is 0.0414. The first-order valence-corrected chi connectivity index (χ1v) is 20.3. The first-order valence-electron chi connectivity index (χ1n) is 20.3. The third kappa shape index (κ3) is 36.9. The van der Waals surface area contributed by atoms with Gasteiger partial charge in [0, 0.05) is 12.8 Å². The minimum atomic E-state index is -0.668. The molecule has 0 rings (SSSR count). The molecule has 0 saturated heterocycles. The fourth-order valence-corrected chi connectivity index (χ4v) is 6.21. The van der Waals surface area contributed by atoms with Crippen molar-refractivity contribution < 1.29 is 19.4 Å². The molecule has 0 heterocycles. The topological polar surface area (TPSA) is 63.6 Å². The number of rotatable bonds is 37. The molecule has 0 aliphatic heterocycles. The average molecular weight is 647 g/mol. The highest BCUT2D eigenvalue weighted by Gasteiger charge is 2.13. The van der Waals surface area contributed by atoms with Crippen LogP contribution in [0.25, 0.3) is 0 Å².